The van der Waals surface area contributed by atoms with Crippen molar-refractivity contribution in [1.82, 2.24) is 4.90 Å². The van der Waals surface area contributed by atoms with Gasteiger partial charge in [-0.05, 0) is 43.0 Å². The van der Waals surface area contributed by atoms with E-state index in [2.05, 4.69) is 11.8 Å². The van der Waals surface area contributed by atoms with Crippen LogP contribution in [0.15, 0.2) is 33.5 Å². The zero-order chi connectivity index (χ0) is 14.8. The van der Waals surface area contributed by atoms with Crippen molar-refractivity contribution in [3.05, 3.63) is 40.2 Å². The number of fused-ring (bicyclic) bond motifs is 1. The summed E-state index contributed by atoms with van der Waals surface area (Å²) in [6.07, 6.45) is 2.53. The van der Waals surface area contributed by atoms with Crippen molar-refractivity contribution in [1.29, 1.82) is 0 Å². The summed E-state index contributed by atoms with van der Waals surface area (Å²) in [6.45, 7) is 5.29. The van der Waals surface area contributed by atoms with Gasteiger partial charge in [-0.3, -0.25) is 4.90 Å². The molecule has 3 rings (SSSR count). The number of piperidine rings is 1. The van der Waals surface area contributed by atoms with Gasteiger partial charge in [-0.2, -0.15) is 0 Å². The highest BCUT2D eigenvalue weighted by Crippen LogP contribution is 2.25. The van der Waals surface area contributed by atoms with Crippen LogP contribution in [-0.2, 0) is 6.54 Å². The van der Waals surface area contributed by atoms with Crippen LogP contribution in [0, 0.1) is 5.92 Å². The molecule has 1 fully saturated rings. The lowest BCUT2D eigenvalue weighted by Crippen LogP contribution is -2.33. The van der Waals surface area contributed by atoms with Gasteiger partial charge in [-0.1, -0.05) is 6.92 Å². The van der Waals surface area contributed by atoms with E-state index >= 15 is 0 Å². The highest BCUT2D eigenvalue weighted by Gasteiger charge is 2.18. The molecular formula is C17H21NO3. The number of ether oxygens (including phenoxy) is 1. The molecule has 0 unspecified atom stereocenters. The molecule has 2 aromatic rings. The van der Waals surface area contributed by atoms with Crippen molar-refractivity contribution < 1.29 is 9.15 Å². The summed E-state index contributed by atoms with van der Waals surface area (Å²) in [5, 5.41) is 0.994. The second-order valence-corrected chi connectivity index (χ2v) is 5.94. The van der Waals surface area contributed by atoms with E-state index in [4.69, 9.17) is 9.15 Å². The number of rotatable bonds is 3. The fourth-order valence-corrected chi connectivity index (χ4v) is 3.14. The zero-order valence-corrected chi connectivity index (χ0v) is 12.6. The molecule has 1 aromatic carbocycles. The number of hydrogen-bond acceptors (Lipinski definition) is 4. The van der Waals surface area contributed by atoms with Gasteiger partial charge in [-0.25, -0.2) is 4.79 Å². The molecule has 0 spiro atoms. The topological polar surface area (TPSA) is 42.7 Å². The molecule has 1 aromatic heterocycles. The van der Waals surface area contributed by atoms with Gasteiger partial charge in [0.05, 0.1) is 7.11 Å². The third kappa shape index (κ3) is 3.10. The predicted molar refractivity (Wildman–Crippen MR) is 82.7 cm³/mol. The quantitative estimate of drug-likeness (QED) is 0.814. The van der Waals surface area contributed by atoms with Crippen LogP contribution in [-0.4, -0.2) is 25.1 Å². The molecule has 2 heterocycles. The minimum atomic E-state index is -0.296. The van der Waals surface area contributed by atoms with Gasteiger partial charge < -0.3 is 9.15 Å². The molecule has 112 valence electrons. The molecule has 0 bridgehead atoms. The first kappa shape index (κ1) is 14.1. The summed E-state index contributed by atoms with van der Waals surface area (Å²) in [5.41, 5.74) is 1.34. The fourth-order valence-electron chi connectivity index (χ4n) is 3.14. The summed E-state index contributed by atoms with van der Waals surface area (Å²) in [6, 6.07) is 7.28. The molecule has 4 nitrogen and oxygen atoms in total. The minimum absolute atomic E-state index is 0.296. The Hall–Kier alpha value is -1.81. The van der Waals surface area contributed by atoms with E-state index in [1.165, 1.54) is 12.8 Å². The molecule has 0 aliphatic carbocycles. The zero-order valence-electron chi connectivity index (χ0n) is 12.6. The molecule has 1 aliphatic heterocycles. The Morgan fingerprint density at radius 3 is 3.00 bits per heavy atom. The van der Waals surface area contributed by atoms with Gasteiger partial charge in [-0.15, -0.1) is 0 Å². The molecule has 0 amide bonds. The molecule has 21 heavy (non-hydrogen) atoms. The lowest BCUT2D eigenvalue weighted by atomic mass is 9.99. The molecule has 1 aliphatic rings. The highest BCUT2D eigenvalue weighted by molar-refractivity contribution is 5.81. The number of benzene rings is 1. The van der Waals surface area contributed by atoms with Crippen molar-refractivity contribution in [3.63, 3.8) is 0 Å². The second kappa shape index (κ2) is 5.90. The van der Waals surface area contributed by atoms with E-state index in [0.29, 0.717) is 11.3 Å². The summed E-state index contributed by atoms with van der Waals surface area (Å²) in [5.74, 6) is 1.43. The van der Waals surface area contributed by atoms with Crippen molar-refractivity contribution in [2.75, 3.05) is 20.2 Å². The Balaban J connectivity index is 1.95. The standard InChI is InChI=1S/C17H21NO3/c1-12-4-3-7-18(10-12)11-13-8-17(19)21-16-9-14(20-2)5-6-15(13)16/h5-6,8-9,12H,3-4,7,10-11H2,1-2H3/t12-/m0/s1. The van der Waals surface area contributed by atoms with E-state index < -0.39 is 0 Å². The molecule has 1 saturated heterocycles. The van der Waals surface area contributed by atoms with Crippen LogP contribution >= 0.6 is 0 Å². The molecule has 4 heteroatoms. The lowest BCUT2D eigenvalue weighted by molar-refractivity contribution is 0.177. The van der Waals surface area contributed by atoms with Gasteiger partial charge >= 0.3 is 5.63 Å². The Bertz CT molecular complexity index is 692. The van der Waals surface area contributed by atoms with Crippen LogP contribution in [0.1, 0.15) is 25.3 Å². The van der Waals surface area contributed by atoms with E-state index in [9.17, 15) is 4.79 Å². The lowest BCUT2D eigenvalue weighted by Gasteiger charge is -2.30. The highest BCUT2D eigenvalue weighted by atomic mass is 16.5. The minimum Gasteiger partial charge on any atom is -0.497 e. The van der Waals surface area contributed by atoms with E-state index in [1.54, 1.807) is 19.2 Å². The van der Waals surface area contributed by atoms with Crippen molar-refractivity contribution in [2.24, 2.45) is 5.92 Å². The largest absolute Gasteiger partial charge is 0.497 e. The average Bonchev–Trinajstić information content (AvgIpc) is 2.46. The van der Waals surface area contributed by atoms with Gasteiger partial charge in [0.2, 0.25) is 0 Å². The van der Waals surface area contributed by atoms with Gasteiger partial charge in [0.25, 0.3) is 0 Å². The second-order valence-electron chi connectivity index (χ2n) is 5.94. The number of methoxy groups -OCH3 is 1. The first-order chi connectivity index (χ1) is 10.2. The molecule has 1 atom stereocenters. The van der Waals surface area contributed by atoms with E-state index in [1.807, 2.05) is 12.1 Å². The third-order valence-electron chi connectivity index (χ3n) is 4.17. The van der Waals surface area contributed by atoms with Gasteiger partial charge in [0, 0.05) is 30.6 Å². The summed E-state index contributed by atoms with van der Waals surface area (Å²) < 4.78 is 10.5. The Morgan fingerprint density at radius 1 is 1.38 bits per heavy atom. The Labute approximate surface area is 124 Å². The summed E-state index contributed by atoms with van der Waals surface area (Å²) in [7, 11) is 1.61. The molecule has 0 saturated carbocycles. The predicted octanol–water partition coefficient (Wildman–Crippen LogP) is 3.03. The van der Waals surface area contributed by atoms with Crippen LogP contribution in [0.4, 0.5) is 0 Å². The third-order valence-corrected chi connectivity index (χ3v) is 4.17. The SMILES string of the molecule is COc1ccc2c(CN3CCC[C@H](C)C3)cc(=O)oc2c1. The monoisotopic (exact) mass is 287 g/mol. The van der Waals surface area contributed by atoms with Crippen LogP contribution in [0.3, 0.4) is 0 Å². The van der Waals surface area contributed by atoms with Crippen LogP contribution in [0.2, 0.25) is 0 Å². The van der Waals surface area contributed by atoms with Crippen LogP contribution in [0.5, 0.6) is 5.75 Å². The number of nitrogens with zero attached hydrogens (tertiary/aromatic N) is 1. The smallest absolute Gasteiger partial charge is 0.336 e. The number of hydrogen-bond donors (Lipinski definition) is 0. The Kier molecular flexibility index (Phi) is 3.97. The van der Waals surface area contributed by atoms with Crippen molar-refractivity contribution in [3.8, 4) is 5.75 Å². The average molecular weight is 287 g/mol. The van der Waals surface area contributed by atoms with E-state index in [0.717, 1.165) is 36.5 Å². The molecule has 0 radical (unpaired) electrons. The summed E-state index contributed by atoms with van der Waals surface area (Å²) >= 11 is 0. The first-order valence-electron chi connectivity index (χ1n) is 7.49. The normalized spacial score (nSPS) is 19.8. The van der Waals surface area contributed by atoms with Crippen LogP contribution < -0.4 is 10.4 Å². The van der Waals surface area contributed by atoms with E-state index in [-0.39, 0.29) is 5.63 Å². The van der Waals surface area contributed by atoms with Gasteiger partial charge in [0.1, 0.15) is 11.3 Å². The Morgan fingerprint density at radius 2 is 2.24 bits per heavy atom. The van der Waals surface area contributed by atoms with Crippen molar-refractivity contribution >= 4 is 11.0 Å². The first-order valence-corrected chi connectivity index (χ1v) is 7.49. The van der Waals surface area contributed by atoms with Crippen molar-refractivity contribution in [2.45, 2.75) is 26.3 Å². The summed E-state index contributed by atoms with van der Waals surface area (Å²) in [4.78, 5) is 14.2. The maximum Gasteiger partial charge on any atom is 0.336 e. The maximum atomic E-state index is 11.8. The fraction of sp³-hybridized carbons (Fsp3) is 0.471. The molecule has 0 N–H and O–H groups in total. The van der Waals surface area contributed by atoms with Gasteiger partial charge in [0.15, 0.2) is 0 Å². The number of likely N-dealkylation sites (tertiary alicyclic amines) is 1. The van der Waals surface area contributed by atoms with Crippen LogP contribution in [0.25, 0.3) is 11.0 Å². The molecular weight excluding hydrogens is 266 g/mol. The maximum absolute atomic E-state index is 11.8.